The topological polar surface area (TPSA) is 85.1 Å². The van der Waals surface area contributed by atoms with Crippen LogP contribution in [0, 0.1) is 6.92 Å². The molecule has 1 fully saturated rings. The predicted octanol–water partition coefficient (Wildman–Crippen LogP) is 3.91. The fourth-order valence-corrected chi connectivity index (χ4v) is 3.75. The minimum Gasteiger partial charge on any atom is -0.463 e. The Labute approximate surface area is 192 Å². The Hall–Kier alpha value is -3.65. The molecule has 4 rings (SSSR count). The van der Waals surface area contributed by atoms with Crippen molar-refractivity contribution in [2.24, 2.45) is 0 Å². The molecule has 0 atom stereocenters. The number of furan rings is 1. The molecule has 0 aliphatic carbocycles. The van der Waals surface area contributed by atoms with E-state index in [0.717, 1.165) is 18.5 Å². The summed E-state index contributed by atoms with van der Waals surface area (Å²) in [6.45, 7) is 5.29. The van der Waals surface area contributed by atoms with Gasteiger partial charge in [-0.25, -0.2) is 9.78 Å². The lowest BCUT2D eigenvalue weighted by atomic mass is 10.2. The third-order valence-corrected chi connectivity index (χ3v) is 5.54. The van der Waals surface area contributed by atoms with Crippen molar-refractivity contribution < 1.29 is 23.5 Å². The molecule has 8 heteroatoms. The van der Waals surface area contributed by atoms with E-state index in [1.807, 2.05) is 36.1 Å². The zero-order chi connectivity index (χ0) is 23.2. The first-order chi connectivity index (χ1) is 16.0. The molecule has 1 aliphatic heterocycles. The van der Waals surface area contributed by atoms with Crippen LogP contribution in [0.2, 0.25) is 0 Å². The number of pyridine rings is 1. The van der Waals surface area contributed by atoms with Crippen molar-refractivity contribution in [3.63, 3.8) is 0 Å². The summed E-state index contributed by atoms with van der Waals surface area (Å²) in [5, 5.41) is 0. The summed E-state index contributed by atoms with van der Waals surface area (Å²) in [7, 11) is 1.32. The van der Waals surface area contributed by atoms with Crippen LogP contribution in [0.5, 0.6) is 11.6 Å². The van der Waals surface area contributed by atoms with Gasteiger partial charge in [-0.05, 0) is 49.7 Å². The van der Waals surface area contributed by atoms with E-state index in [2.05, 4.69) is 14.6 Å². The zero-order valence-electron chi connectivity index (χ0n) is 18.8. The van der Waals surface area contributed by atoms with Crippen LogP contribution in [0.3, 0.4) is 0 Å². The highest BCUT2D eigenvalue weighted by Crippen LogP contribution is 2.25. The number of methoxy groups -OCH3 is 1. The molecule has 0 bridgehead atoms. The summed E-state index contributed by atoms with van der Waals surface area (Å²) in [6.07, 6.45) is 2.45. The number of aromatic nitrogens is 1. The number of hydrogen-bond acceptors (Lipinski definition) is 7. The van der Waals surface area contributed by atoms with Gasteiger partial charge in [0.15, 0.2) is 0 Å². The summed E-state index contributed by atoms with van der Waals surface area (Å²) >= 11 is 0. The highest BCUT2D eigenvalue weighted by atomic mass is 16.5. The van der Waals surface area contributed by atoms with E-state index in [0.29, 0.717) is 49.1 Å². The van der Waals surface area contributed by atoms with E-state index in [9.17, 15) is 9.59 Å². The van der Waals surface area contributed by atoms with Gasteiger partial charge in [0.2, 0.25) is 11.6 Å². The standard InChI is InChI=1S/C25H27N3O5/c1-18-6-8-19(9-7-18)33-23-21(5-3-12-26-23)24(29)28-14-4-13-27(15-16-28)17-20-10-11-22(32-20)25(30)31-2/h3,5-12H,4,13-17H2,1-2H3. The summed E-state index contributed by atoms with van der Waals surface area (Å²) in [4.78, 5) is 33.2. The van der Waals surface area contributed by atoms with E-state index in [1.165, 1.54) is 7.11 Å². The molecule has 0 N–H and O–H groups in total. The molecule has 3 aromatic rings. The van der Waals surface area contributed by atoms with E-state index in [-0.39, 0.29) is 11.7 Å². The van der Waals surface area contributed by atoms with Crippen LogP contribution in [0.4, 0.5) is 0 Å². The Kier molecular flexibility index (Phi) is 7.04. The maximum absolute atomic E-state index is 13.3. The number of carbonyl (C=O) groups is 2. The molecule has 0 radical (unpaired) electrons. The Morgan fingerprint density at radius 1 is 1.03 bits per heavy atom. The molecule has 3 heterocycles. The van der Waals surface area contributed by atoms with Crippen molar-refractivity contribution in [2.45, 2.75) is 19.9 Å². The van der Waals surface area contributed by atoms with Gasteiger partial charge < -0.3 is 18.8 Å². The number of rotatable bonds is 6. The minimum absolute atomic E-state index is 0.0990. The first-order valence-corrected chi connectivity index (χ1v) is 10.9. The number of carbonyl (C=O) groups excluding carboxylic acids is 2. The molecule has 0 unspecified atom stereocenters. The van der Waals surface area contributed by atoms with E-state index < -0.39 is 5.97 Å². The lowest BCUT2D eigenvalue weighted by Crippen LogP contribution is -2.35. The van der Waals surface area contributed by atoms with E-state index in [4.69, 9.17) is 9.15 Å². The van der Waals surface area contributed by atoms with E-state index in [1.54, 1.807) is 30.5 Å². The molecule has 172 valence electrons. The summed E-state index contributed by atoms with van der Waals surface area (Å²) < 4.78 is 16.2. The Bertz CT molecular complexity index is 1110. The van der Waals surface area contributed by atoms with Crippen LogP contribution in [0.15, 0.2) is 59.1 Å². The maximum atomic E-state index is 13.3. The lowest BCUT2D eigenvalue weighted by Gasteiger charge is -2.22. The van der Waals surface area contributed by atoms with Gasteiger partial charge >= 0.3 is 5.97 Å². The number of ether oxygens (including phenoxy) is 2. The van der Waals surface area contributed by atoms with Gasteiger partial charge in [-0.15, -0.1) is 0 Å². The van der Waals surface area contributed by atoms with Gasteiger partial charge in [-0.1, -0.05) is 17.7 Å². The molecule has 33 heavy (non-hydrogen) atoms. The number of nitrogens with zero attached hydrogens (tertiary/aromatic N) is 3. The monoisotopic (exact) mass is 449 g/mol. The van der Waals surface area contributed by atoms with Gasteiger partial charge in [0.05, 0.1) is 13.7 Å². The SMILES string of the molecule is COC(=O)c1ccc(CN2CCCN(C(=O)c3cccnc3Oc3ccc(C)cc3)CC2)o1. The number of esters is 1. The second-order valence-electron chi connectivity index (χ2n) is 7.95. The molecule has 1 aliphatic rings. The highest BCUT2D eigenvalue weighted by Gasteiger charge is 2.24. The normalized spacial score (nSPS) is 14.5. The lowest BCUT2D eigenvalue weighted by molar-refractivity contribution is 0.0560. The average Bonchev–Trinajstić information content (AvgIpc) is 3.17. The second kappa shape index (κ2) is 10.3. The van der Waals surface area contributed by atoms with Crippen LogP contribution in [0.25, 0.3) is 0 Å². The highest BCUT2D eigenvalue weighted by molar-refractivity contribution is 5.96. The quantitative estimate of drug-likeness (QED) is 0.528. The van der Waals surface area contributed by atoms with Gasteiger partial charge in [0, 0.05) is 32.4 Å². The minimum atomic E-state index is -0.492. The third kappa shape index (κ3) is 5.59. The molecule has 8 nitrogen and oxygen atoms in total. The first-order valence-electron chi connectivity index (χ1n) is 10.9. The Morgan fingerprint density at radius 2 is 1.85 bits per heavy atom. The van der Waals surface area contributed by atoms with Gasteiger partial charge in [0.25, 0.3) is 5.91 Å². The number of hydrogen-bond donors (Lipinski definition) is 0. The van der Waals surface area contributed by atoms with Gasteiger partial charge in [-0.3, -0.25) is 9.69 Å². The van der Waals surface area contributed by atoms with Crippen LogP contribution in [-0.4, -0.2) is 59.9 Å². The molecular weight excluding hydrogens is 422 g/mol. The Balaban J connectivity index is 1.40. The van der Waals surface area contributed by atoms with E-state index >= 15 is 0 Å². The van der Waals surface area contributed by atoms with Crippen LogP contribution >= 0.6 is 0 Å². The fourth-order valence-electron chi connectivity index (χ4n) is 3.75. The molecular formula is C25H27N3O5. The van der Waals surface area contributed by atoms with Crippen molar-refractivity contribution in [3.8, 4) is 11.6 Å². The Morgan fingerprint density at radius 3 is 2.64 bits per heavy atom. The molecule has 0 saturated carbocycles. The van der Waals surface area contributed by atoms with Gasteiger partial charge in [-0.2, -0.15) is 0 Å². The summed E-state index contributed by atoms with van der Waals surface area (Å²) in [5.74, 6) is 1.23. The second-order valence-corrected chi connectivity index (χ2v) is 7.95. The van der Waals surface area contributed by atoms with Crippen molar-refractivity contribution >= 4 is 11.9 Å². The number of amides is 1. The molecule has 1 aromatic carbocycles. The molecule has 2 aromatic heterocycles. The fraction of sp³-hybridized carbons (Fsp3) is 0.320. The zero-order valence-corrected chi connectivity index (χ0v) is 18.8. The molecule has 1 amide bonds. The third-order valence-electron chi connectivity index (χ3n) is 5.54. The smallest absolute Gasteiger partial charge is 0.373 e. The van der Waals surface area contributed by atoms with Crippen LogP contribution in [-0.2, 0) is 11.3 Å². The maximum Gasteiger partial charge on any atom is 0.373 e. The summed E-state index contributed by atoms with van der Waals surface area (Å²) in [5.41, 5.74) is 1.57. The van der Waals surface area contributed by atoms with Gasteiger partial charge in [0.1, 0.15) is 17.1 Å². The molecule has 1 saturated heterocycles. The van der Waals surface area contributed by atoms with Crippen molar-refractivity contribution in [3.05, 3.63) is 77.4 Å². The van der Waals surface area contributed by atoms with Crippen molar-refractivity contribution in [1.82, 2.24) is 14.8 Å². The molecule has 0 spiro atoms. The van der Waals surface area contributed by atoms with Crippen LogP contribution in [0.1, 0.15) is 38.7 Å². The van der Waals surface area contributed by atoms with Crippen molar-refractivity contribution in [2.75, 3.05) is 33.3 Å². The number of aryl methyl sites for hydroxylation is 1. The predicted molar refractivity (Wildman–Crippen MR) is 121 cm³/mol. The van der Waals surface area contributed by atoms with Crippen molar-refractivity contribution in [1.29, 1.82) is 0 Å². The first kappa shape index (κ1) is 22.5. The largest absolute Gasteiger partial charge is 0.463 e. The average molecular weight is 450 g/mol. The number of benzene rings is 1. The summed E-state index contributed by atoms with van der Waals surface area (Å²) in [6, 6.07) is 14.5. The van der Waals surface area contributed by atoms with Crippen LogP contribution < -0.4 is 4.74 Å².